The van der Waals surface area contributed by atoms with Crippen LogP contribution in [0.25, 0.3) is 0 Å². The molecule has 0 saturated carbocycles. The average Bonchev–Trinajstić information content (AvgIpc) is 2.29. The Bertz CT molecular complexity index is 476. The molecule has 0 saturated heterocycles. The average molecular weight is 279 g/mol. The number of aromatic nitrogens is 1. The standard InChI is InChI=1S/C15H25N3O2/c1-10(2)20-12-11(8-7-9-17-12)18-13(19)14(3,4)15(5,6)16/h7-10H,16H2,1-6H3,(H,18,19). The van der Waals surface area contributed by atoms with Crippen molar-refractivity contribution in [3.63, 3.8) is 0 Å². The Morgan fingerprint density at radius 2 is 1.95 bits per heavy atom. The molecule has 0 bridgehead atoms. The van der Waals surface area contributed by atoms with Gasteiger partial charge in [0.1, 0.15) is 5.69 Å². The van der Waals surface area contributed by atoms with Gasteiger partial charge in [0.05, 0.1) is 11.5 Å². The molecule has 3 N–H and O–H groups in total. The van der Waals surface area contributed by atoms with Crippen LogP contribution in [0.2, 0.25) is 0 Å². The van der Waals surface area contributed by atoms with Gasteiger partial charge >= 0.3 is 0 Å². The maximum absolute atomic E-state index is 12.4. The van der Waals surface area contributed by atoms with Crippen LogP contribution in [-0.2, 0) is 4.79 Å². The van der Waals surface area contributed by atoms with Gasteiger partial charge in [0.15, 0.2) is 0 Å². The minimum Gasteiger partial charge on any atom is -0.473 e. The van der Waals surface area contributed by atoms with Gasteiger partial charge in [-0.3, -0.25) is 4.79 Å². The van der Waals surface area contributed by atoms with E-state index in [1.807, 2.05) is 41.5 Å². The lowest BCUT2D eigenvalue weighted by Gasteiger charge is -2.36. The van der Waals surface area contributed by atoms with E-state index < -0.39 is 11.0 Å². The SMILES string of the molecule is CC(C)Oc1ncccc1NC(=O)C(C)(C)C(C)(C)N. The van der Waals surface area contributed by atoms with Crippen molar-refractivity contribution < 1.29 is 9.53 Å². The van der Waals surface area contributed by atoms with Gasteiger partial charge < -0.3 is 15.8 Å². The lowest BCUT2D eigenvalue weighted by atomic mass is 9.74. The number of amides is 1. The molecule has 1 heterocycles. The number of hydrogen-bond donors (Lipinski definition) is 2. The smallest absolute Gasteiger partial charge is 0.238 e. The van der Waals surface area contributed by atoms with Crippen LogP contribution in [0.3, 0.4) is 0 Å². The second kappa shape index (κ2) is 5.79. The molecule has 0 fully saturated rings. The molecule has 0 atom stereocenters. The number of ether oxygens (including phenoxy) is 1. The van der Waals surface area contributed by atoms with E-state index in [-0.39, 0.29) is 12.0 Å². The van der Waals surface area contributed by atoms with Crippen molar-refractivity contribution in [3.8, 4) is 5.88 Å². The lowest BCUT2D eigenvalue weighted by Crippen LogP contribution is -2.53. The molecule has 0 unspecified atom stereocenters. The van der Waals surface area contributed by atoms with E-state index in [0.29, 0.717) is 11.6 Å². The van der Waals surface area contributed by atoms with E-state index in [1.165, 1.54) is 0 Å². The first kappa shape index (κ1) is 16.4. The van der Waals surface area contributed by atoms with Gasteiger partial charge in [0.25, 0.3) is 0 Å². The van der Waals surface area contributed by atoms with Gasteiger partial charge in [0.2, 0.25) is 11.8 Å². The molecule has 0 aromatic carbocycles. The molecule has 0 radical (unpaired) electrons. The summed E-state index contributed by atoms with van der Waals surface area (Å²) in [5.41, 5.74) is 5.27. The van der Waals surface area contributed by atoms with Crippen molar-refractivity contribution in [3.05, 3.63) is 18.3 Å². The van der Waals surface area contributed by atoms with Crippen LogP contribution in [0, 0.1) is 5.41 Å². The number of carbonyl (C=O) groups excluding carboxylic acids is 1. The van der Waals surface area contributed by atoms with Crippen LogP contribution in [0.5, 0.6) is 5.88 Å². The zero-order valence-electron chi connectivity index (χ0n) is 13.2. The first-order valence-electron chi connectivity index (χ1n) is 6.77. The fourth-order valence-corrected chi connectivity index (χ4v) is 1.37. The van der Waals surface area contributed by atoms with Gasteiger partial charge in [-0.2, -0.15) is 0 Å². The summed E-state index contributed by atoms with van der Waals surface area (Å²) in [7, 11) is 0. The van der Waals surface area contributed by atoms with Crippen molar-refractivity contribution in [2.75, 3.05) is 5.32 Å². The number of pyridine rings is 1. The molecule has 112 valence electrons. The normalized spacial score (nSPS) is 12.4. The zero-order valence-corrected chi connectivity index (χ0v) is 13.2. The highest BCUT2D eigenvalue weighted by Crippen LogP contribution is 2.31. The highest BCUT2D eigenvalue weighted by atomic mass is 16.5. The minimum atomic E-state index is -0.724. The van der Waals surface area contributed by atoms with Crippen LogP contribution in [0.15, 0.2) is 18.3 Å². The number of nitrogens with zero attached hydrogens (tertiary/aromatic N) is 1. The topological polar surface area (TPSA) is 77.2 Å². The Morgan fingerprint density at radius 3 is 2.45 bits per heavy atom. The van der Waals surface area contributed by atoms with Crippen molar-refractivity contribution in [1.82, 2.24) is 4.98 Å². The number of hydrogen-bond acceptors (Lipinski definition) is 4. The summed E-state index contributed by atoms with van der Waals surface area (Å²) in [6.07, 6.45) is 1.62. The van der Waals surface area contributed by atoms with Crippen LogP contribution >= 0.6 is 0 Å². The van der Waals surface area contributed by atoms with Gasteiger partial charge in [-0.1, -0.05) is 0 Å². The van der Waals surface area contributed by atoms with E-state index in [9.17, 15) is 4.79 Å². The Balaban J connectivity index is 2.97. The van der Waals surface area contributed by atoms with Crippen LogP contribution in [0.1, 0.15) is 41.5 Å². The van der Waals surface area contributed by atoms with Gasteiger partial charge in [-0.05, 0) is 53.7 Å². The van der Waals surface area contributed by atoms with E-state index >= 15 is 0 Å². The minimum absolute atomic E-state index is 0.0143. The molecule has 5 nitrogen and oxygen atoms in total. The third kappa shape index (κ3) is 3.70. The first-order valence-corrected chi connectivity index (χ1v) is 6.77. The van der Waals surface area contributed by atoms with Crippen LogP contribution < -0.4 is 15.8 Å². The summed E-state index contributed by atoms with van der Waals surface area (Å²) in [5.74, 6) is 0.257. The van der Waals surface area contributed by atoms with Gasteiger partial charge in [-0.15, -0.1) is 0 Å². The highest BCUT2D eigenvalue weighted by Gasteiger charge is 2.40. The quantitative estimate of drug-likeness (QED) is 0.868. The molecule has 1 aromatic rings. The summed E-state index contributed by atoms with van der Waals surface area (Å²) in [6, 6.07) is 3.52. The summed E-state index contributed by atoms with van der Waals surface area (Å²) < 4.78 is 5.59. The molecule has 5 heteroatoms. The van der Waals surface area contributed by atoms with Crippen molar-refractivity contribution in [1.29, 1.82) is 0 Å². The van der Waals surface area contributed by atoms with Crippen LogP contribution in [0.4, 0.5) is 5.69 Å². The predicted molar refractivity (Wildman–Crippen MR) is 80.7 cm³/mol. The Kier molecular flexibility index (Phi) is 4.76. The summed E-state index contributed by atoms with van der Waals surface area (Å²) >= 11 is 0. The molecule has 0 aliphatic carbocycles. The second-order valence-electron chi connectivity index (χ2n) is 6.32. The van der Waals surface area contributed by atoms with Crippen LogP contribution in [-0.4, -0.2) is 22.5 Å². The molecular weight excluding hydrogens is 254 g/mol. The molecule has 20 heavy (non-hydrogen) atoms. The number of carbonyl (C=O) groups is 1. The predicted octanol–water partition coefficient (Wildman–Crippen LogP) is 2.57. The third-order valence-electron chi connectivity index (χ3n) is 3.55. The molecule has 0 aliphatic heterocycles. The second-order valence-corrected chi connectivity index (χ2v) is 6.32. The summed E-state index contributed by atoms with van der Waals surface area (Å²) in [6.45, 7) is 11.1. The molecular formula is C15H25N3O2. The summed E-state index contributed by atoms with van der Waals surface area (Å²) in [4.78, 5) is 16.6. The number of anilines is 1. The number of nitrogens with one attached hydrogen (secondary N) is 1. The maximum Gasteiger partial charge on any atom is 0.238 e. The molecule has 1 aromatic heterocycles. The lowest BCUT2D eigenvalue weighted by molar-refractivity contribution is -0.126. The Morgan fingerprint density at radius 1 is 1.35 bits per heavy atom. The van der Waals surface area contributed by atoms with Crippen molar-refractivity contribution in [2.45, 2.75) is 53.2 Å². The Labute approximate surface area is 120 Å². The molecule has 1 amide bonds. The fraction of sp³-hybridized carbons (Fsp3) is 0.600. The van der Waals surface area contributed by atoms with E-state index in [1.54, 1.807) is 18.3 Å². The third-order valence-corrected chi connectivity index (χ3v) is 3.55. The van der Waals surface area contributed by atoms with Crippen molar-refractivity contribution in [2.24, 2.45) is 11.1 Å². The van der Waals surface area contributed by atoms with Gasteiger partial charge in [0, 0.05) is 11.7 Å². The molecule has 1 rings (SSSR count). The van der Waals surface area contributed by atoms with E-state index in [2.05, 4.69) is 10.3 Å². The fourth-order valence-electron chi connectivity index (χ4n) is 1.37. The maximum atomic E-state index is 12.4. The molecule has 0 aliphatic rings. The highest BCUT2D eigenvalue weighted by molar-refractivity contribution is 5.96. The van der Waals surface area contributed by atoms with E-state index in [0.717, 1.165) is 0 Å². The van der Waals surface area contributed by atoms with E-state index in [4.69, 9.17) is 10.5 Å². The molecule has 0 spiro atoms. The first-order chi connectivity index (χ1) is 9.05. The summed E-state index contributed by atoms with van der Waals surface area (Å²) in [5, 5.41) is 2.86. The number of nitrogens with two attached hydrogens (primary N) is 1. The van der Waals surface area contributed by atoms with Crippen molar-refractivity contribution >= 4 is 11.6 Å². The zero-order chi connectivity index (χ0) is 15.6. The largest absolute Gasteiger partial charge is 0.473 e. The van der Waals surface area contributed by atoms with Gasteiger partial charge in [-0.25, -0.2) is 4.98 Å². The monoisotopic (exact) mass is 279 g/mol. The number of rotatable bonds is 5. The Hall–Kier alpha value is -1.62.